The summed E-state index contributed by atoms with van der Waals surface area (Å²) in [7, 11) is 1.31. The first-order valence-electron chi connectivity index (χ1n) is 12.5. The van der Waals surface area contributed by atoms with Crippen molar-refractivity contribution in [1.82, 2.24) is 34.8 Å². The van der Waals surface area contributed by atoms with Gasteiger partial charge >= 0.3 is 18.4 Å². The Bertz CT molecular complexity index is 1330. The van der Waals surface area contributed by atoms with Crippen molar-refractivity contribution >= 4 is 11.7 Å². The number of aromatic nitrogens is 5. The summed E-state index contributed by atoms with van der Waals surface area (Å²) in [6.45, 7) is 1.07. The predicted molar refractivity (Wildman–Crippen MR) is 129 cm³/mol. The molecule has 2 amide bonds. The van der Waals surface area contributed by atoms with Gasteiger partial charge in [0.05, 0.1) is 37.5 Å². The number of nitrogens with one attached hydrogen (secondary N) is 1. The lowest BCUT2D eigenvalue weighted by Gasteiger charge is -2.33. The van der Waals surface area contributed by atoms with Crippen LogP contribution < -0.4 is 14.8 Å². The number of carbonyl (C=O) groups excluding carboxylic acids is 1. The van der Waals surface area contributed by atoms with Crippen LogP contribution in [0, 0.1) is 0 Å². The minimum absolute atomic E-state index is 0.0620. The summed E-state index contributed by atoms with van der Waals surface area (Å²) in [5.41, 5.74) is -0.00205. The molecule has 4 heterocycles. The molecular formula is C24H27F6N7O3. The Hall–Kier alpha value is -3.85. The summed E-state index contributed by atoms with van der Waals surface area (Å²) in [5.74, 6) is 0.162. The molecule has 0 spiro atoms. The molecule has 1 N–H and O–H groups in total. The molecule has 0 saturated carbocycles. The number of pyridine rings is 1. The second-order valence-electron chi connectivity index (χ2n) is 9.14. The van der Waals surface area contributed by atoms with Crippen LogP contribution in [0.1, 0.15) is 50.8 Å². The first-order valence-corrected chi connectivity index (χ1v) is 12.5. The highest BCUT2D eigenvalue weighted by molar-refractivity contribution is 5.75. The summed E-state index contributed by atoms with van der Waals surface area (Å²) in [4.78, 5) is 26.1. The normalized spacial score (nSPS) is 19.3. The molecule has 0 aromatic carbocycles. The van der Waals surface area contributed by atoms with Crippen LogP contribution in [-0.4, -0.2) is 74.2 Å². The Balaban J connectivity index is 1.84. The van der Waals surface area contributed by atoms with Gasteiger partial charge in [0.25, 0.3) is 5.88 Å². The average molecular weight is 576 g/mol. The molecule has 0 radical (unpaired) electrons. The summed E-state index contributed by atoms with van der Waals surface area (Å²) in [6, 6.07) is -3.57. The van der Waals surface area contributed by atoms with Crippen molar-refractivity contribution in [3.05, 3.63) is 30.5 Å². The third kappa shape index (κ3) is 6.65. The number of amides is 2. The smallest absolute Gasteiger partial charge is 0.414 e. The molecule has 1 aliphatic heterocycles. The molecule has 16 heteroatoms. The first kappa shape index (κ1) is 29.1. The largest absolute Gasteiger partial charge is 0.494 e. The summed E-state index contributed by atoms with van der Waals surface area (Å²) < 4.78 is 94.8. The third-order valence-electron chi connectivity index (χ3n) is 6.41. The van der Waals surface area contributed by atoms with Crippen LogP contribution >= 0.6 is 0 Å². The van der Waals surface area contributed by atoms with Gasteiger partial charge in [0.15, 0.2) is 6.04 Å². The van der Waals surface area contributed by atoms with E-state index in [2.05, 4.69) is 25.4 Å². The molecule has 3 aromatic rings. The summed E-state index contributed by atoms with van der Waals surface area (Å²) in [5, 5.41) is 6.47. The van der Waals surface area contributed by atoms with Gasteiger partial charge in [-0.15, -0.1) is 0 Å². The Morgan fingerprint density at radius 3 is 2.62 bits per heavy atom. The Labute approximate surface area is 224 Å². The number of fused-ring (bicyclic) bond motifs is 7. The van der Waals surface area contributed by atoms with Gasteiger partial charge in [0, 0.05) is 24.6 Å². The molecule has 4 bridgehead atoms. The molecule has 10 nitrogen and oxygen atoms in total. The number of hydrogen-bond acceptors (Lipinski definition) is 7. The Morgan fingerprint density at radius 2 is 1.95 bits per heavy atom. The van der Waals surface area contributed by atoms with Gasteiger partial charge in [-0.2, -0.15) is 31.4 Å². The van der Waals surface area contributed by atoms with E-state index in [4.69, 9.17) is 9.47 Å². The second kappa shape index (κ2) is 11.7. The van der Waals surface area contributed by atoms with E-state index in [1.165, 1.54) is 31.1 Å². The molecule has 0 saturated heterocycles. The number of methoxy groups -OCH3 is 1. The van der Waals surface area contributed by atoms with Gasteiger partial charge in [-0.3, -0.25) is 4.98 Å². The van der Waals surface area contributed by atoms with Gasteiger partial charge in [0.2, 0.25) is 5.65 Å². The molecule has 218 valence electrons. The van der Waals surface area contributed by atoms with Crippen LogP contribution in [0.3, 0.4) is 0 Å². The summed E-state index contributed by atoms with van der Waals surface area (Å²) >= 11 is 0. The van der Waals surface area contributed by atoms with Crippen molar-refractivity contribution in [1.29, 1.82) is 0 Å². The molecule has 4 rings (SSSR count). The SMILES string of the molecule is CCN1C(=O)N[C@@H](CCC(F)(F)F)CCCCOc2nc(cn3ncnc23)-c2cc(ncc2OC)C1C(F)(F)F. The van der Waals surface area contributed by atoms with Crippen LogP contribution in [0.5, 0.6) is 11.6 Å². The van der Waals surface area contributed by atoms with Crippen LogP contribution in [0.2, 0.25) is 0 Å². The van der Waals surface area contributed by atoms with Gasteiger partial charge < -0.3 is 19.7 Å². The topological polar surface area (TPSA) is 107 Å². The second-order valence-corrected chi connectivity index (χ2v) is 9.14. The third-order valence-corrected chi connectivity index (χ3v) is 6.41. The van der Waals surface area contributed by atoms with Gasteiger partial charge in [-0.1, -0.05) is 0 Å². The molecule has 0 aliphatic carbocycles. The monoisotopic (exact) mass is 575 g/mol. The first-order chi connectivity index (χ1) is 18.9. The van der Waals surface area contributed by atoms with E-state index in [0.29, 0.717) is 17.7 Å². The average Bonchev–Trinajstić information content (AvgIpc) is 3.36. The van der Waals surface area contributed by atoms with Crippen molar-refractivity contribution in [2.24, 2.45) is 0 Å². The number of nitrogens with zero attached hydrogens (tertiary/aromatic N) is 6. The molecule has 40 heavy (non-hydrogen) atoms. The van der Waals surface area contributed by atoms with Crippen LogP contribution in [0.25, 0.3) is 16.9 Å². The van der Waals surface area contributed by atoms with Crippen molar-refractivity contribution in [3.8, 4) is 22.9 Å². The number of ether oxygens (including phenoxy) is 2. The lowest BCUT2D eigenvalue weighted by molar-refractivity contribution is -0.179. The quantitative estimate of drug-likeness (QED) is 0.432. The maximum Gasteiger partial charge on any atom is 0.414 e. The number of carbonyl (C=O) groups is 1. The van der Waals surface area contributed by atoms with E-state index >= 15 is 0 Å². The van der Waals surface area contributed by atoms with E-state index in [0.717, 1.165) is 12.3 Å². The lowest BCUT2D eigenvalue weighted by atomic mass is 10.0. The standard InChI is InChI=1S/C24H27F6N7O3/c1-3-36-19(24(28,29)30)16-10-15(18(39-2)11-31-16)17-12-37-20(32-13-33-37)21(35-17)40-9-5-4-6-14(34-22(36)38)7-8-23(25,26)27/h10-14,19H,3-9H2,1-2H3,(H,34,38)/t14-,19?/m1/s1. The Morgan fingerprint density at radius 1 is 1.18 bits per heavy atom. The van der Waals surface area contributed by atoms with Crippen LogP contribution in [0.4, 0.5) is 31.1 Å². The van der Waals surface area contributed by atoms with E-state index in [-0.39, 0.29) is 41.6 Å². The van der Waals surface area contributed by atoms with E-state index in [1.807, 2.05) is 0 Å². The number of rotatable bonds is 4. The van der Waals surface area contributed by atoms with Crippen molar-refractivity contribution in [2.75, 3.05) is 20.3 Å². The fourth-order valence-corrected chi connectivity index (χ4v) is 4.49. The van der Waals surface area contributed by atoms with Gasteiger partial charge in [0.1, 0.15) is 12.1 Å². The molecule has 1 unspecified atom stereocenters. The fourth-order valence-electron chi connectivity index (χ4n) is 4.49. The number of alkyl halides is 6. The molecule has 2 atom stereocenters. The van der Waals surface area contributed by atoms with E-state index < -0.39 is 55.5 Å². The lowest BCUT2D eigenvalue weighted by Crippen LogP contribution is -2.50. The maximum atomic E-state index is 14.5. The van der Waals surface area contributed by atoms with Crippen LogP contribution in [0.15, 0.2) is 24.8 Å². The number of urea groups is 1. The van der Waals surface area contributed by atoms with Crippen molar-refractivity contribution < 1.29 is 40.6 Å². The minimum atomic E-state index is -4.98. The zero-order valence-electron chi connectivity index (χ0n) is 21.6. The summed E-state index contributed by atoms with van der Waals surface area (Å²) in [6.07, 6.45) is -6.58. The zero-order valence-corrected chi connectivity index (χ0v) is 21.6. The van der Waals surface area contributed by atoms with Gasteiger partial charge in [-0.05, 0) is 38.7 Å². The highest BCUT2D eigenvalue weighted by Gasteiger charge is 2.48. The van der Waals surface area contributed by atoms with Crippen molar-refractivity contribution in [3.63, 3.8) is 0 Å². The zero-order chi connectivity index (χ0) is 29.1. The van der Waals surface area contributed by atoms with E-state index in [1.54, 1.807) is 0 Å². The highest BCUT2D eigenvalue weighted by atomic mass is 19.4. The van der Waals surface area contributed by atoms with Gasteiger partial charge in [-0.25, -0.2) is 19.3 Å². The van der Waals surface area contributed by atoms with Crippen molar-refractivity contribution in [2.45, 2.75) is 63.5 Å². The minimum Gasteiger partial charge on any atom is -0.494 e. The predicted octanol–water partition coefficient (Wildman–Crippen LogP) is 5.10. The van der Waals surface area contributed by atoms with E-state index in [9.17, 15) is 31.1 Å². The van der Waals surface area contributed by atoms with Crippen LogP contribution in [-0.2, 0) is 0 Å². The fraction of sp³-hybridized carbons (Fsp3) is 0.542. The molecule has 0 fully saturated rings. The number of halogens is 6. The molecule has 1 aliphatic rings. The molecular weight excluding hydrogens is 548 g/mol. The number of hydrogen-bond donors (Lipinski definition) is 1. The maximum absolute atomic E-state index is 14.5. The highest BCUT2D eigenvalue weighted by Crippen LogP contribution is 2.40. The Kier molecular flexibility index (Phi) is 8.54. The molecule has 3 aromatic heterocycles.